The van der Waals surface area contributed by atoms with Gasteiger partial charge in [0.25, 0.3) is 5.95 Å². The molecule has 1 N–H and O–H groups in total. The van der Waals surface area contributed by atoms with E-state index in [1.807, 2.05) is 39.0 Å². The lowest BCUT2D eigenvalue weighted by Gasteiger charge is -2.22. The Morgan fingerprint density at radius 3 is 2.70 bits per heavy atom. The number of hydrogen-bond donors (Lipinski definition) is 1. The molecule has 4 rings (SSSR count). The van der Waals surface area contributed by atoms with Crippen LogP contribution in [0.15, 0.2) is 36.7 Å². The average Bonchev–Trinajstić information content (AvgIpc) is 2.94. The number of hydrogen-bond acceptors (Lipinski definition) is 7. The molecule has 0 unspecified atom stereocenters. The van der Waals surface area contributed by atoms with Crippen molar-refractivity contribution in [3.63, 3.8) is 0 Å². The van der Waals surface area contributed by atoms with Gasteiger partial charge in [-0.05, 0) is 32.9 Å². The van der Waals surface area contributed by atoms with Crippen LogP contribution in [0, 0.1) is 6.92 Å². The molecule has 3 heterocycles. The van der Waals surface area contributed by atoms with Crippen molar-refractivity contribution in [3.8, 4) is 17.4 Å². The number of ether oxygens (including phenoxy) is 2. The molecule has 8 nitrogen and oxygen atoms in total. The van der Waals surface area contributed by atoms with Gasteiger partial charge in [-0.15, -0.1) is 11.8 Å². The van der Waals surface area contributed by atoms with E-state index in [1.165, 1.54) is 11.8 Å². The van der Waals surface area contributed by atoms with E-state index >= 15 is 0 Å². The first kappa shape index (κ1) is 20.2. The van der Waals surface area contributed by atoms with E-state index in [2.05, 4.69) is 20.4 Å². The van der Waals surface area contributed by atoms with Crippen LogP contribution in [0.3, 0.4) is 0 Å². The molecule has 3 aromatic rings. The van der Waals surface area contributed by atoms with Gasteiger partial charge in [-0.25, -0.2) is 9.97 Å². The number of nitrogens with one attached hydrogen (secondary N) is 1. The quantitative estimate of drug-likeness (QED) is 0.668. The van der Waals surface area contributed by atoms with E-state index in [0.717, 1.165) is 16.8 Å². The highest BCUT2D eigenvalue weighted by Gasteiger charge is 2.33. The zero-order chi connectivity index (χ0) is 21.3. The van der Waals surface area contributed by atoms with Gasteiger partial charge in [0.05, 0.1) is 29.9 Å². The van der Waals surface area contributed by atoms with E-state index in [9.17, 15) is 4.79 Å². The van der Waals surface area contributed by atoms with Crippen LogP contribution in [-0.2, 0) is 4.79 Å². The second-order valence-electron chi connectivity index (χ2n) is 7.09. The van der Waals surface area contributed by atoms with Crippen LogP contribution in [0.4, 0.5) is 5.82 Å². The number of anilines is 1. The lowest BCUT2D eigenvalue weighted by molar-refractivity contribution is -0.113. The highest BCUT2D eigenvalue weighted by molar-refractivity contribution is 8.00. The zero-order valence-corrected chi connectivity index (χ0v) is 18.1. The summed E-state index contributed by atoms with van der Waals surface area (Å²) >= 11 is 1.53. The molecule has 1 aromatic carbocycles. The van der Waals surface area contributed by atoms with E-state index in [4.69, 9.17) is 9.47 Å². The van der Waals surface area contributed by atoms with Crippen LogP contribution in [0.2, 0.25) is 0 Å². The van der Waals surface area contributed by atoms with E-state index in [0.29, 0.717) is 29.0 Å². The molecule has 1 atom stereocenters. The Kier molecular flexibility index (Phi) is 5.63. The van der Waals surface area contributed by atoms with Crippen LogP contribution >= 0.6 is 11.8 Å². The lowest BCUT2D eigenvalue weighted by atomic mass is 10.0. The van der Waals surface area contributed by atoms with E-state index in [-0.39, 0.29) is 17.3 Å². The van der Waals surface area contributed by atoms with Crippen LogP contribution in [-0.4, -0.2) is 44.6 Å². The zero-order valence-electron chi connectivity index (χ0n) is 17.2. The number of benzene rings is 1. The number of aromatic nitrogens is 4. The summed E-state index contributed by atoms with van der Waals surface area (Å²) < 4.78 is 13.3. The van der Waals surface area contributed by atoms with Gasteiger partial charge in [-0.3, -0.25) is 4.79 Å². The summed E-state index contributed by atoms with van der Waals surface area (Å²) in [6, 6.07) is 7.55. The highest BCUT2D eigenvalue weighted by atomic mass is 32.2. The van der Waals surface area contributed by atoms with E-state index in [1.54, 1.807) is 30.3 Å². The lowest BCUT2D eigenvalue weighted by Crippen LogP contribution is -2.16. The van der Waals surface area contributed by atoms with Crippen LogP contribution in [0.25, 0.3) is 5.95 Å². The van der Waals surface area contributed by atoms with Gasteiger partial charge in [-0.1, -0.05) is 12.1 Å². The average molecular weight is 426 g/mol. The molecule has 0 fully saturated rings. The molecule has 1 aliphatic rings. The minimum Gasteiger partial charge on any atom is -0.493 e. The summed E-state index contributed by atoms with van der Waals surface area (Å²) in [4.78, 5) is 21.1. The highest BCUT2D eigenvalue weighted by Crippen LogP contribution is 2.48. The van der Waals surface area contributed by atoms with Crippen molar-refractivity contribution in [1.29, 1.82) is 0 Å². The number of carbonyl (C=O) groups is 1. The Morgan fingerprint density at radius 2 is 2.00 bits per heavy atom. The predicted molar refractivity (Wildman–Crippen MR) is 116 cm³/mol. The topological polar surface area (TPSA) is 91.2 Å². The fraction of sp³-hybridized carbons (Fsp3) is 0.333. The number of carbonyl (C=O) groups excluding carboxylic acids is 1. The molecular formula is C21H23N5O3S. The summed E-state index contributed by atoms with van der Waals surface area (Å²) in [6.45, 7) is 5.87. The number of fused-ring (bicyclic) bond motifs is 1. The number of rotatable bonds is 5. The Hall–Kier alpha value is -3.07. The molecule has 0 spiro atoms. The summed E-state index contributed by atoms with van der Waals surface area (Å²) in [6.07, 6.45) is 3.26. The molecule has 0 aliphatic carbocycles. The Labute approximate surface area is 179 Å². The smallest absolute Gasteiger partial charge is 0.252 e. The van der Waals surface area contributed by atoms with Gasteiger partial charge in [0.15, 0.2) is 11.5 Å². The summed E-state index contributed by atoms with van der Waals surface area (Å²) in [5.41, 5.74) is 2.62. The minimum atomic E-state index is -0.180. The molecule has 1 amide bonds. The molecule has 9 heteroatoms. The summed E-state index contributed by atoms with van der Waals surface area (Å²) in [5, 5.41) is 7.45. The molecule has 156 valence electrons. The second-order valence-corrected chi connectivity index (χ2v) is 8.19. The Balaban J connectivity index is 1.91. The van der Waals surface area contributed by atoms with Crippen molar-refractivity contribution < 1.29 is 14.3 Å². The van der Waals surface area contributed by atoms with Gasteiger partial charge in [0.2, 0.25) is 5.91 Å². The van der Waals surface area contributed by atoms with Crippen LogP contribution in [0.1, 0.15) is 35.9 Å². The summed E-state index contributed by atoms with van der Waals surface area (Å²) in [5.74, 6) is 2.51. The SMILES string of the molecule is COc1cccc([C@@H]2SCC(=O)Nc3c2c(C)nn3-c2ncccn2)c1OC(C)C. The monoisotopic (exact) mass is 425 g/mol. The molecule has 0 saturated carbocycles. The van der Waals surface area contributed by atoms with Gasteiger partial charge in [0, 0.05) is 23.5 Å². The van der Waals surface area contributed by atoms with Crippen molar-refractivity contribution in [1.82, 2.24) is 19.7 Å². The first-order valence-electron chi connectivity index (χ1n) is 9.61. The summed E-state index contributed by atoms with van der Waals surface area (Å²) in [7, 11) is 1.62. The van der Waals surface area contributed by atoms with Crippen molar-refractivity contribution in [3.05, 3.63) is 53.5 Å². The normalized spacial score (nSPS) is 16.0. The Bertz CT molecular complexity index is 1070. The maximum Gasteiger partial charge on any atom is 0.252 e. The molecule has 1 aliphatic heterocycles. The number of para-hydroxylation sites is 1. The third-order valence-corrected chi connectivity index (χ3v) is 5.87. The van der Waals surface area contributed by atoms with Crippen molar-refractivity contribution in [2.75, 3.05) is 18.2 Å². The second kappa shape index (κ2) is 8.35. The molecule has 2 aromatic heterocycles. The number of nitrogens with zero attached hydrogens (tertiary/aromatic N) is 4. The third-order valence-electron chi connectivity index (χ3n) is 4.61. The Morgan fingerprint density at radius 1 is 1.23 bits per heavy atom. The molecular weight excluding hydrogens is 402 g/mol. The molecule has 0 radical (unpaired) electrons. The molecule has 0 bridgehead atoms. The van der Waals surface area contributed by atoms with Crippen LogP contribution in [0.5, 0.6) is 11.5 Å². The van der Waals surface area contributed by atoms with Crippen molar-refractivity contribution >= 4 is 23.5 Å². The van der Waals surface area contributed by atoms with Gasteiger partial charge < -0.3 is 14.8 Å². The first-order chi connectivity index (χ1) is 14.5. The fourth-order valence-corrected chi connectivity index (χ4v) is 4.64. The minimum absolute atomic E-state index is 0.0309. The third kappa shape index (κ3) is 3.72. The largest absolute Gasteiger partial charge is 0.493 e. The number of aryl methyl sites for hydroxylation is 1. The molecule has 30 heavy (non-hydrogen) atoms. The maximum atomic E-state index is 12.5. The maximum absolute atomic E-state index is 12.5. The predicted octanol–water partition coefficient (Wildman–Crippen LogP) is 3.54. The number of thioether (sulfide) groups is 1. The van der Waals surface area contributed by atoms with E-state index < -0.39 is 0 Å². The van der Waals surface area contributed by atoms with Crippen LogP contribution < -0.4 is 14.8 Å². The van der Waals surface area contributed by atoms with Crippen molar-refractivity contribution in [2.24, 2.45) is 0 Å². The number of methoxy groups -OCH3 is 1. The number of amides is 1. The standard InChI is InChI=1S/C21H23N5O3S/c1-12(2)29-18-14(7-5-8-15(18)28-4)19-17-13(3)25-26(21-22-9-6-10-23-21)20(17)24-16(27)11-30-19/h5-10,12,19H,11H2,1-4H3,(H,24,27)/t19-/m0/s1. The van der Waals surface area contributed by atoms with Gasteiger partial charge >= 0.3 is 0 Å². The molecule has 0 saturated heterocycles. The van der Waals surface area contributed by atoms with Crippen molar-refractivity contribution in [2.45, 2.75) is 32.1 Å². The van der Waals surface area contributed by atoms with Gasteiger partial charge in [-0.2, -0.15) is 9.78 Å². The fourth-order valence-electron chi connectivity index (χ4n) is 3.44. The van der Waals surface area contributed by atoms with Gasteiger partial charge in [0.1, 0.15) is 5.82 Å². The first-order valence-corrected chi connectivity index (χ1v) is 10.7.